The molecule has 0 radical (unpaired) electrons. The number of hydrogen-bond acceptors (Lipinski definition) is 4. The summed E-state index contributed by atoms with van der Waals surface area (Å²) in [6.45, 7) is 1.20. The zero-order valence-electron chi connectivity index (χ0n) is 7.38. The SMILES string of the molecule is CC(=O)ONC(=N)N.O=C(O)C(Cl)(Cl)Cl. The lowest BCUT2D eigenvalue weighted by Crippen LogP contribution is -2.31. The minimum Gasteiger partial charge on any atom is -0.478 e. The van der Waals surface area contributed by atoms with Crippen LogP contribution < -0.4 is 11.2 Å². The van der Waals surface area contributed by atoms with E-state index in [0.717, 1.165) is 0 Å². The third-order valence-electron chi connectivity index (χ3n) is 0.547. The van der Waals surface area contributed by atoms with Crippen molar-refractivity contribution in [3.63, 3.8) is 0 Å². The molecule has 10 heteroatoms. The molecule has 0 saturated heterocycles. The van der Waals surface area contributed by atoms with Crippen LogP contribution in [0.2, 0.25) is 0 Å². The fourth-order valence-electron chi connectivity index (χ4n) is 0.127. The Morgan fingerprint density at radius 3 is 1.87 bits per heavy atom. The number of nitrogens with one attached hydrogen (secondary N) is 2. The number of aliphatic carboxylic acids is 1. The molecule has 15 heavy (non-hydrogen) atoms. The summed E-state index contributed by atoms with van der Waals surface area (Å²) in [4.78, 5) is 23.6. The van der Waals surface area contributed by atoms with Gasteiger partial charge in [0, 0.05) is 6.92 Å². The average molecular weight is 280 g/mol. The molecule has 0 aliphatic rings. The fourth-order valence-corrected chi connectivity index (χ4v) is 0.127. The number of carbonyl (C=O) groups is 2. The number of hydrogen-bond donors (Lipinski definition) is 4. The Kier molecular flexibility index (Phi) is 8.12. The molecule has 5 N–H and O–H groups in total. The molecule has 0 unspecified atom stereocenters. The van der Waals surface area contributed by atoms with Crippen molar-refractivity contribution in [3.8, 4) is 0 Å². The average Bonchev–Trinajstić information content (AvgIpc) is 2.00. The van der Waals surface area contributed by atoms with Gasteiger partial charge in [-0.25, -0.2) is 4.79 Å². The number of carbonyl (C=O) groups excluding carboxylic acids is 1. The molecule has 0 aromatic heterocycles. The quantitative estimate of drug-likeness (QED) is 0.220. The number of nitrogens with two attached hydrogens (primary N) is 1. The second-order valence-corrected chi connectivity index (χ2v) is 4.19. The van der Waals surface area contributed by atoms with E-state index in [2.05, 4.69) is 4.84 Å². The largest absolute Gasteiger partial charge is 0.478 e. The second-order valence-electron chi connectivity index (χ2n) is 1.91. The zero-order chi connectivity index (χ0) is 12.6. The van der Waals surface area contributed by atoms with E-state index >= 15 is 0 Å². The summed E-state index contributed by atoms with van der Waals surface area (Å²) in [7, 11) is 0. The number of hydroxylamine groups is 1. The van der Waals surface area contributed by atoms with E-state index in [4.69, 9.17) is 51.1 Å². The minimum atomic E-state index is -2.17. The lowest BCUT2D eigenvalue weighted by Gasteiger charge is -1.99. The molecule has 0 heterocycles. The highest BCUT2D eigenvalue weighted by atomic mass is 35.6. The third-order valence-corrected chi connectivity index (χ3v) is 1.03. The van der Waals surface area contributed by atoms with Crippen molar-refractivity contribution < 1.29 is 19.5 Å². The van der Waals surface area contributed by atoms with E-state index < -0.39 is 15.7 Å². The molecular formula is C5H8Cl3N3O4. The summed E-state index contributed by atoms with van der Waals surface area (Å²) in [5, 5.41) is 14.3. The van der Waals surface area contributed by atoms with E-state index in [0.29, 0.717) is 0 Å². The topological polar surface area (TPSA) is 126 Å². The Labute approximate surface area is 99.9 Å². The summed E-state index contributed by atoms with van der Waals surface area (Å²) in [6.07, 6.45) is 0. The van der Waals surface area contributed by atoms with Crippen LogP contribution in [0, 0.1) is 5.41 Å². The van der Waals surface area contributed by atoms with Crippen LogP contribution >= 0.6 is 34.8 Å². The molecule has 0 aromatic carbocycles. The van der Waals surface area contributed by atoms with E-state index in [-0.39, 0.29) is 5.96 Å². The highest BCUT2D eigenvalue weighted by Gasteiger charge is 2.29. The number of halogens is 3. The Bertz CT molecular complexity index is 238. The van der Waals surface area contributed by atoms with Crippen LogP contribution in [0.1, 0.15) is 6.92 Å². The summed E-state index contributed by atoms with van der Waals surface area (Å²) in [5.41, 5.74) is 6.59. The Balaban J connectivity index is 0. The lowest BCUT2D eigenvalue weighted by atomic mass is 10.8. The van der Waals surface area contributed by atoms with E-state index in [9.17, 15) is 9.59 Å². The van der Waals surface area contributed by atoms with Crippen LogP contribution in [0.15, 0.2) is 0 Å². The molecule has 0 aromatic rings. The standard InChI is InChI=1S/C3H7N3O2.C2HCl3O2/c1-2(7)8-6-3(4)5;3-2(4,5)1(6)7/h1H3,(H4,4,5,6);(H,6,7). The van der Waals surface area contributed by atoms with Gasteiger partial charge in [-0.05, 0) is 0 Å². The highest BCUT2D eigenvalue weighted by Crippen LogP contribution is 2.25. The molecule has 0 atom stereocenters. The molecule has 0 rings (SSSR count). The van der Waals surface area contributed by atoms with E-state index in [1.165, 1.54) is 6.92 Å². The van der Waals surface area contributed by atoms with Gasteiger partial charge < -0.3 is 15.7 Å². The van der Waals surface area contributed by atoms with Crippen LogP contribution in [0.4, 0.5) is 0 Å². The number of guanidine groups is 1. The molecule has 7 nitrogen and oxygen atoms in total. The molecule has 88 valence electrons. The van der Waals surface area contributed by atoms with Crippen molar-refractivity contribution in [2.45, 2.75) is 10.7 Å². The van der Waals surface area contributed by atoms with Gasteiger partial charge in [0.15, 0.2) is 0 Å². The van der Waals surface area contributed by atoms with Gasteiger partial charge in [0.2, 0.25) is 5.96 Å². The van der Waals surface area contributed by atoms with E-state index in [1.54, 1.807) is 0 Å². The predicted molar refractivity (Wildman–Crippen MR) is 54.7 cm³/mol. The van der Waals surface area contributed by atoms with Gasteiger partial charge >= 0.3 is 11.9 Å². The Hall–Kier alpha value is -0.920. The van der Waals surface area contributed by atoms with Crippen molar-refractivity contribution >= 4 is 52.7 Å². The molecule has 0 spiro atoms. The number of rotatable bonds is 0. The maximum absolute atomic E-state index is 9.91. The Morgan fingerprint density at radius 2 is 1.80 bits per heavy atom. The van der Waals surface area contributed by atoms with Crippen LogP contribution in [-0.2, 0) is 14.4 Å². The molecule has 0 aliphatic heterocycles. The summed E-state index contributed by atoms with van der Waals surface area (Å²) in [5.74, 6) is -2.38. The number of alkyl halides is 3. The van der Waals surface area contributed by atoms with Gasteiger partial charge in [-0.2, -0.15) is 5.48 Å². The summed E-state index contributed by atoms with van der Waals surface area (Å²) < 4.78 is -2.17. The molecule has 0 aliphatic carbocycles. The van der Waals surface area contributed by atoms with Crippen LogP contribution in [0.3, 0.4) is 0 Å². The van der Waals surface area contributed by atoms with Crippen molar-refractivity contribution in [1.29, 1.82) is 5.41 Å². The van der Waals surface area contributed by atoms with Crippen LogP contribution in [0.5, 0.6) is 0 Å². The van der Waals surface area contributed by atoms with Gasteiger partial charge in [-0.1, -0.05) is 34.8 Å². The normalized spacial score (nSPS) is 9.33. The molecule has 0 amide bonds. The van der Waals surface area contributed by atoms with Gasteiger partial charge in [0.25, 0.3) is 3.79 Å². The molecule has 0 saturated carbocycles. The van der Waals surface area contributed by atoms with Gasteiger partial charge in [-0.15, -0.1) is 0 Å². The summed E-state index contributed by atoms with van der Waals surface area (Å²) >= 11 is 14.4. The number of carboxylic acids is 1. The first-order valence-corrected chi connectivity index (χ1v) is 4.28. The predicted octanol–water partition coefficient (Wildman–Crippen LogP) is 0.389. The van der Waals surface area contributed by atoms with Gasteiger partial charge in [-0.3, -0.25) is 10.2 Å². The van der Waals surface area contributed by atoms with Gasteiger partial charge in [0.1, 0.15) is 0 Å². The van der Waals surface area contributed by atoms with Crippen LogP contribution in [0.25, 0.3) is 0 Å². The highest BCUT2D eigenvalue weighted by molar-refractivity contribution is 6.75. The van der Waals surface area contributed by atoms with Crippen molar-refractivity contribution in [1.82, 2.24) is 5.48 Å². The van der Waals surface area contributed by atoms with Crippen molar-refractivity contribution in [3.05, 3.63) is 0 Å². The first kappa shape index (κ1) is 16.5. The van der Waals surface area contributed by atoms with E-state index in [1.807, 2.05) is 5.48 Å². The lowest BCUT2D eigenvalue weighted by molar-refractivity contribution is -0.145. The zero-order valence-corrected chi connectivity index (χ0v) is 9.65. The first-order valence-electron chi connectivity index (χ1n) is 3.15. The number of carboxylic acid groups (broad SMARTS) is 1. The fraction of sp³-hybridized carbons (Fsp3) is 0.400. The Morgan fingerprint density at radius 1 is 1.47 bits per heavy atom. The first-order chi connectivity index (χ1) is 6.57. The monoisotopic (exact) mass is 279 g/mol. The third kappa shape index (κ3) is 15.8. The maximum Gasteiger partial charge on any atom is 0.356 e. The van der Waals surface area contributed by atoms with Crippen molar-refractivity contribution in [2.24, 2.45) is 5.73 Å². The molecular weight excluding hydrogens is 272 g/mol. The summed E-state index contributed by atoms with van der Waals surface area (Å²) in [6, 6.07) is 0. The minimum absolute atomic E-state index is 0.389. The van der Waals surface area contributed by atoms with Crippen LogP contribution in [-0.4, -0.2) is 26.8 Å². The van der Waals surface area contributed by atoms with Crippen molar-refractivity contribution in [2.75, 3.05) is 0 Å². The smallest absolute Gasteiger partial charge is 0.356 e. The molecule has 0 fully saturated rings. The van der Waals surface area contributed by atoms with Gasteiger partial charge in [0.05, 0.1) is 0 Å². The second kappa shape index (κ2) is 7.38. The maximum atomic E-state index is 9.91. The molecule has 0 bridgehead atoms.